The van der Waals surface area contributed by atoms with Gasteiger partial charge in [-0.25, -0.2) is 0 Å². The van der Waals surface area contributed by atoms with Gasteiger partial charge in [-0.05, 0) is 43.0 Å². The number of thioether (sulfide) groups is 1. The van der Waals surface area contributed by atoms with E-state index in [4.69, 9.17) is 0 Å². The molecule has 1 atom stereocenters. The Bertz CT molecular complexity index is 1080. The zero-order valence-electron chi connectivity index (χ0n) is 20.4. The summed E-state index contributed by atoms with van der Waals surface area (Å²) in [6.45, 7) is 2.46. The fourth-order valence-electron chi connectivity index (χ4n) is 4.56. The Morgan fingerprint density at radius 2 is 1.49 bits per heavy atom. The van der Waals surface area contributed by atoms with Crippen molar-refractivity contribution in [2.75, 3.05) is 5.75 Å². The van der Waals surface area contributed by atoms with Crippen LogP contribution in [0.1, 0.15) is 42.4 Å². The van der Waals surface area contributed by atoms with E-state index in [0.29, 0.717) is 13.0 Å². The number of nitrogens with zero attached hydrogens (tertiary/aromatic N) is 1. The highest BCUT2D eigenvalue weighted by Crippen LogP contribution is 2.23. The summed E-state index contributed by atoms with van der Waals surface area (Å²) in [5.41, 5.74) is 3.27. The molecule has 3 aromatic rings. The van der Waals surface area contributed by atoms with Crippen molar-refractivity contribution in [1.82, 2.24) is 10.2 Å². The highest BCUT2D eigenvalue weighted by Gasteiger charge is 2.32. The molecule has 4 nitrogen and oxygen atoms in total. The lowest BCUT2D eigenvalue weighted by Crippen LogP contribution is -2.52. The van der Waals surface area contributed by atoms with Gasteiger partial charge >= 0.3 is 0 Å². The van der Waals surface area contributed by atoms with Crippen LogP contribution in [0.5, 0.6) is 0 Å². The highest BCUT2D eigenvalue weighted by atomic mass is 32.2. The van der Waals surface area contributed by atoms with Gasteiger partial charge in [0.25, 0.3) is 0 Å². The predicted octanol–water partition coefficient (Wildman–Crippen LogP) is 5.79. The fourth-order valence-corrected chi connectivity index (χ4v) is 5.35. The Labute approximate surface area is 213 Å². The summed E-state index contributed by atoms with van der Waals surface area (Å²) in [6.07, 6.45) is 4.81. The Morgan fingerprint density at radius 3 is 2.11 bits per heavy atom. The number of carbonyl (C=O) groups is 2. The van der Waals surface area contributed by atoms with Gasteiger partial charge in [-0.2, -0.15) is 0 Å². The van der Waals surface area contributed by atoms with Crippen LogP contribution in [-0.2, 0) is 22.6 Å². The van der Waals surface area contributed by atoms with Gasteiger partial charge in [0.1, 0.15) is 6.04 Å². The summed E-state index contributed by atoms with van der Waals surface area (Å²) in [6, 6.07) is 27.8. The molecule has 182 valence electrons. The van der Waals surface area contributed by atoms with E-state index in [0.717, 1.165) is 41.7 Å². The van der Waals surface area contributed by atoms with Crippen LogP contribution < -0.4 is 5.32 Å². The van der Waals surface area contributed by atoms with Crippen LogP contribution in [0.4, 0.5) is 0 Å². The second kappa shape index (κ2) is 12.6. The Kier molecular flexibility index (Phi) is 9.02. The molecule has 0 saturated heterocycles. The van der Waals surface area contributed by atoms with Crippen molar-refractivity contribution in [3.63, 3.8) is 0 Å². The first-order valence-electron chi connectivity index (χ1n) is 12.5. The van der Waals surface area contributed by atoms with Crippen molar-refractivity contribution < 1.29 is 9.59 Å². The maximum absolute atomic E-state index is 13.7. The summed E-state index contributed by atoms with van der Waals surface area (Å²) < 4.78 is 0. The number of rotatable bonds is 10. The number of amides is 2. The van der Waals surface area contributed by atoms with Crippen LogP contribution in [0.2, 0.25) is 0 Å². The topological polar surface area (TPSA) is 49.4 Å². The Hall–Kier alpha value is -3.05. The van der Waals surface area contributed by atoms with Crippen molar-refractivity contribution in [3.05, 3.63) is 102 Å². The van der Waals surface area contributed by atoms with Gasteiger partial charge in [0.05, 0.1) is 5.75 Å². The van der Waals surface area contributed by atoms with Gasteiger partial charge in [0, 0.05) is 23.9 Å². The molecule has 1 aliphatic carbocycles. The number of nitrogens with one attached hydrogen (secondary N) is 1. The van der Waals surface area contributed by atoms with E-state index in [9.17, 15) is 9.59 Å². The van der Waals surface area contributed by atoms with Gasteiger partial charge < -0.3 is 10.2 Å². The first-order chi connectivity index (χ1) is 17.1. The monoisotopic (exact) mass is 486 g/mol. The van der Waals surface area contributed by atoms with E-state index >= 15 is 0 Å². The van der Waals surface area contributed by atoms with Crippen LogP contribution >= 0.6 is 11.8 Å². The molecule has 1 saturated carbocycles. The second-order valence-corrected chi connectivity index (χ2v) is 10.4. The van der Waals surface area contributed by atoms with Crippen molar-refractivity contribution >= 4 is 23.6 Å². The normalized spacial score (nSPS) is 14.4. The molecular weight excluding hydrogens is 452 g/mol. The summed E-state index contributed by atoms with van der Waals surface area (Å²) >= 11 is 1.52. The average Bonchev–Trinajstić information content (AvgIpc) is 3.40. The first kappa shape index (κ1) is 25.1. The molecule has 0 aliphatic heterocycles. The van der Waals surface area contributed by atoms with Crippen molar-refractivity contribution in [3.8, 4) is 0 Å². The van der Waals surface area contributed by atoms with E-state index < -0.39 is 6.04 Å². The van der Waals surface area contributed by atoms with Gasteiger partial charge in [-0.1, -0.05) is 91.2 Å². The third-order valence-electron chi connectivity index (χ3n) is 6.55. The van der Waals surface area contributed by atoms with E-state index in [1.807, 2.05) is 72.8 Å². The molecule has 0 heterocycles. The van der Waals surface area contributed by atoms with Crippen LogP contribution in [-0.4, -0.2) is 34.6 Å². The molecule has 0 bridgehead atoms. The summed E-state index contributed by atoms with van der Waals surface area (Å²) in [5.74, 6) is 0.213. The minimum absolute atomic E-state index is 0.0260. The third kappa shape index (κ3) is 7.46. The number of hydrogen-bond donors (Lipinski definition) is 1. The van der Waals surface area contributed by atoms with Crippen LogP contribution in [0, 0.1) is 6.92 Å². The number of carbonyl (C=O) groups excluding carboxylic acids is 2. The standard InChI is InChI=1S/C30H34N2O2S/c1-23-16-18-27(19-17-23)35-22-29(33)32(21-25-12-6-3-7-13-25)28(20-24-10-4-2-5-11-24)30(34)31-26-14-8-9-15-26/h2-7,10-13,16-19,26,28H,8-9,14-15,20-22H2,1H3,(H,31,34). The van der Waals surface area contributed by atoms with Gasteiger partial charge in [-0.15, -0.1) is 11.8 Å². The predicted molar refractivity (Wildman–Crippen MR) is 143 cm³/mol. The average molecular weight is 487 g/mol. The number of benzene rings is 3. The minimum atomic E-state index is -0.565. The summed E-state index contributed by atoms with van der Waals surface area (Å²) in [7, 11) is 0. The quantitative estimate of drug-likeness (QED) is 0.369. The molecule has 0 radical (unpaired) electrons. The maximum atomic E-state index is 13.7. The van der Waals surface area contributed by atoms with Crippen LogP contribution in [0.3, 0.4) is 0 Å². The second-order valence-electron chi connectivity index (χ2n) is 9.30. The summed E-state index contributed by atoms with van der Waals surface area (Å²) in [5, 5.41) is 3.26. The highest BCUT2D eigenvalue weighted by molar-refractivity contribution is 8.00. The molecule has 4 rings (SSSR count). The van der Waals surface area contributed by atoms with Gasteiger partial charge in [0.2, 0.25) is 11.8 Å². The molecule has 0 spiro atoms. The maximum Gasteiger partial charge on any atom is 0.243 e. The molecular formula is C30H34N2O2S. The molecule has 1 aliphatic rings. The molecule has 1 N–H and O–H groups in total. The smallest absolute Gasteiger partial charge is 0.243 e. The van der Waals surface area contributed by atoms with Crippen LogP contribution in [0.25, 0.3) is 0 Å². The summed E-state index contributed by atoms with van der Waals surface area (Å²) in [4.78, 5) is 30.2. The molecule has 35 heavy (non-hydrogen) atoms. The molecule has 1 fully saturated rings. The Morgan fingerprint density at radius 1 is 0.886 bits per heavy atom. The van der Waals surface area contributed by atoms with E-state index in [-0.39, 0.29) is 23.6 Å². The van der Waals surface area contributed by atoms with E-state index in [2.05, 4.69) is 24.4 Å². The van der Waals surface area contributed by atoms with E-state index in [1.165, 1.54) is 17.3 Å². The molecule has 0 aromatic heterocycles. The van der Waals surface area contributed by atoms with Crippen molar-refractivity contribution in [2.24, 2.45) is 0 Å². The SMILES string of the molecule is Cc1ccc(SCC(=O)N(Cc2ccccc2)C(Cc2ccccc2)C(=O)NC2CCCC2)cc1. The van der Waals surface area contributed by atoms with Crippen LogP contribution in [0.15, 0.2) is 89.8 Å². The lowest BCUT2D eigenvalue weighted by molar-refractivity contribution is -0.139. The Balaban J connectivity index is 1.58. The van der Waals surface area contributed by atoms with E-state index in [1.54, 1.807) is 4.90 Å². The molecule has 5 heteroatoms. The lowest BCUT2D eigenvalue weighted by Gasteiger charge is -2.32. The fraction of sp³-hybridized carbons (Fsp3) is 0.333. The molecule has 2 amide bonds. The largest absolute Gasteiger partial charge is 0.352 e. The molecule has 3 aromatic carbocycles. The van der Waals surface area contributed by atoms with Crippen molar-refractivity contribution in [2.45, 2.75) is 62.6 Å². The third-order valence-corrected chi connectivity index (χ3v) is 7.55. The van der Waals surface area contributed by atoms with Gasteiger partial charge in [0.15, 0.2) is 0 Å². The minimum Gasteiger partial charge on any atom is -0.352 e. The number of aryl methyl sites for hydroxylation is 1. The zero-order chi connectivity index (χ0) is 24.5. The number of hydrogen-bond acceptors (Lipinski definition) is 3. The molecule has 1 unspecified atom stereocenters. The van der Waals surface area contributed by atoms with Crippen molar-refractivity contribution in [1.29, 1.82) is 0 Å². The first-order valence-corrected chi connectivity index (χ1v) is 13.4. The van der Waals surface area contributed by atoms with Gasteiger partial charge in [-0.3, -0.25) is 9.59 Å². The zero-order valence-corrected chi connectivity index (χ0v) is 21.2. The lowest BCUT2D eigenvalue weighted by atomic mass is 10.0.